The molecular formula is C15H22F3N3S. The Morgan fingerprint density at radius 2 is 2.09 bits per heavy atom. The van der Waals surface area contributed by atoms with Crippen LogP contribution in [0.3, 0.4) is 0 Å². The van der Waals surface area contributed by atoms with Crippen molar-refractivity contribution in [3.8, 4) is 0 Å². The predicted octanol–water partition coefficient (Wildman–Crippen LogP) is 2.79. The highest BCUT2D eigenvalue weighted by Gasteiger charge is 2.34. The first kappa shape index (κ1) is 16.2. The quantitative estimate of drug-likeness (QED) is 0.898. The Hall–Kier alpha value is -0.660. The summed E-state index contributed by atoms with van der Waals surface area (Å²) in [5, 5.41) is 4.55. The number of hydrogen-bond donors (Lipinski definition) is 1. The standard InChI is InChI=1S/C15H22F3N3S/c16-15(17,18)10-21-8-6-11(9-21)19-7-5-14-20-12-3-1-2-4-13(12)22-14/h11,19H,1-10H2/t11-/m1/s1. The van der Waals surface area contributed by atoms with E-state index in [9.17, 15) is 13.2 Å². The molecule has 7 heteroatoms. The van der Waals surface area contributed by atoms with Gasteiger partial charge in [0.05, 0.1) is 17.2 Å². The number of aromatic nitrogens is 1. The third-order valence-electron chi connectivity index (χ3n) is 4.34. The molecule has 1 saturated heterocycles. The summed E-state index contributed by atoms with van der Waals surface area (Å²) in [7, 11) is 0. The first-order valence-corrected chi connectivity index (χ1v) is 8.81. The molecule has 0 amide bonds. The Morgan fingerprint density at radius 1 is 1.27 bits per heavy atom. The second-order valence-electron chi connectivity index (χ2n) is 6.22. The van der Waals surface area contributed by atoms with E-state index in [0.717, 1.165) is 32.2 Å². The molecule has 1 aliphatic carbocycles. The Bertz CT molecular complexity index is 477. The molecule has 0 bridgehead atoms. The summed E-state index contributed by atoms with van der Waals surface area (Å²) in [6.45, 7) is 1.04. The van der Waals surface area contributed by atoms with E-state index >= 15 is 0 Å². The van der Waals surface area contributed by atoms with Crippen molar-refractivity contribution in [2.24, 2.45) is 0 Å². The number of thiazole rings is 1. The summed E-state index contributed by atoms with van der Waals surface area (Å²) in [6.07, 6.45) is 2.37. The molecule has 0 unspecified atom stereocenters. The van der Waals surface area contributed by atoms with Crippen molar-refractivity contribution in [2.75, 3.05) is 26.2 Å². The zero-order chi connectivity index (χ0) is 15.6. The summed E-state index contributed by atoms with van der Waals surface area (Å²) in [5.74, 6) is 0. The number of halogens is 3. The molecule has 3 rings (SSSR count). The lowest BCUT2D eigenvalue weighted by atomic mass is 10.0. The van der Waals surface area contributed by atoms with E-state index in [1.807, 2.05) is 11.3 Å². The Balaban J connectivity index is 1.39. The van der Waals surface area contributed by atoms with Crippen molar-refractivity contribution < 1.29 is 13.2 Å². The molecule has 1 aromatic heterocycles. The maximum absolute atomic E-state index is 12.4. The lowest BCUT2D eigenvalue weighted by molar-refractivity contribution is -0.143. The van der Waals surface area contributed by atoms with Crippen LogP contribution in [0.1, 0.15) is 34.8 Å². The molecule has 1 fully saturated rings. The minimum absolute atomic E-state index is 0.178. The van der Waals surface area contributed by atoms with Crippen LogP contribution >= 0.6 is 11.3 Å². The smallest absolute Gasteiger partial charge is 0.312 e. The fourth-order valence-corrected chi connectivity index (χ4v) is 4.45. The number of nitrogens with one attached hydrogen (secondary N) is 1. The molecule has 0 saturated carbocycles. The van der Waals surface area contributed by atoms with Crippen molar-refractivity contribution in [1.82, 2.24) is 15.2 Å². The summed E-state index contributed by atoms with van der Waals surface area (Å²) < 4.78 is 37.1. The molecule has 0 aromatic carbocycles. The molecular weight excluding hydrogens is 311 g/mol. The van der Waals surface area contributed by atoms with Gasteiger partial charge in [-0.05, 0) is 32.1 Å². The average molecular weight is 333 g/mol. The predicted molar refractivity (Wildman–Crippen MR) is 81.4 cm³/mol. The van der Waals surface area contributed by atoms with Crippen LogP contribution in [-0.2, 0) is 19.3 Å². The lowest BCUT2D eigenvalue weighted by Crippen LogP contribution is -2.37. The van der Waals surface area contributed by atoms with Crippen LogP contribution in [0.4, 0.5) is 13.2 Å². The molecule has 1 aliphatic heterocycles. The van der Waals surface area contributed by atoms with Crippen molar-refractivity contribution >= 4 is 11.3 Å². The molecule has 124 valence electrons. The number of aryl methyl sites for hydroxylation is 2. The van der Waals surface area contributed by atoms with Gasteiger partial charge in [0.25, 0.3) is 0 Å². The van der Waals surface area contributed by atoms with E-state index in [1.54, 1.807) is 0 Å². The van der Waals surface area contributed by atoms with E-state index in [-0.39, 0.29) is 6.04 Å². The van der Waals surface area contributed by atoms with Crippen LogP contribution in [0.25, 0.3) is 0 Å². The molecule has 1 atom stereocenters. The molecule has 0 radical (unpaired) electrons. The van der Waals surface area contributed by atoms with E-state index in [0.29, 0.717) is 13.1 Å². The van der Waals surface area contributed by atoms with Gasteiger partial charge in [0.15, 0.2) is 0 Å². The number of fused-ring (bicyclic) bond motifs is 1. The van der Waals surface area contributed by atoms with Gasteiger partial charge in [0.2, 0.25) is 0 Å². The maximum atomic E-state index is 12.4. The van der Waals surface area contributed by atoms with E-state index < -0.39 is 12.7 Å². The van der Waals surface area contributed by atoms with Crippen LogP contribution in [0.5, 0.6) is 0 Å². The van der Waals surface area contributed by atoms with Gasteiger partial charge in [-0.2, -0.15) is 13.2 Å². The van der Waals surface area contributed by atoms with Crippen molar-refractivity contribution in [3.05, 3.63) is 15.6 Å². The largest absolute Gasteiger partial charge is 0.401 e. The summed E-state index contributed by atoms with van der Waals surface area (Å²) in [5.41, 5.74) is 1.28. The zero-order valence-electron chi connectivity index (χ0n) is 12.6. The first-order chi connectivity index (χ1) is 10.5. The number of rotatable bonds is 5. The van der Waals surface area contributed by atoms with Crippen LogP contribution in [-0.4, -0.2) is 48.3 Å². The fourth-order valence-electron chi connectivity index (χ4n) is 3.29. The van der Waals surface area contributed by atoms with Gasteiger partial charge in [0.1, 0.15) is 0 Å². The average Bonchev–Trinajstić information content (AvgIpc) is 3.03. The molecule has 2 heterocycles. The Morgan fingerprint density at radius 3 is 2.86 bits per heavy atom. The zero-order valence-corrected chi connectivity index (χ0v) is 13.4. The van der Waals surface area contributed by atoms with Gasteiger partial charge >= 0.3 is 6.18 Å². The first-order valence-electron chi connectivity index (χ1n) is 7.99. The van der Waals surface area contributed by atoms with Gasteiger partial charge in [-0.15, -0.1) is 11.3 Å². The Kier molecular flexibility index (Phi) is 5.04. The highest BCUT2D eigenvalue weighted by Crippen LogP contribution is 2.26. The second-order valence-corrected chi connectivity index (χ2v) is 7.39. The third-order valence-corrected chi connectivity index (χ3v) is 5.55. The van der Waals surface area contributed by atoms with Crippen LogP contribution in [0.15, 0.2) is 0 Å². The number of likely N-dealkylation sites (tertiary alicyclic amines) is 1. The minimum atomic E-state index is -4.09. The minimum Gasteiger partial charge on any atom is -0.312 e. The van der Waals surface area contributed by atoms with Gasteiger partial charge in [-0.1, -0.05) is 0 Å². The van der Waals surface area contributed by atoms with Gasteiger partial charge in [0, 0.05) is 37.0 Å². The monoisotopic (exact) mass is 333 g/mol. The molecule has 1 N–H and O–H groups in total. The molecule has 2 aliphatic rings. The van der Waals surface area contributed by atoms with Gasteiger partial charge in [-0.25, -0.2) is 4.98 Å². The normalized spacial score (nSPS) is 23.0. The number of alkyl halides is 3. The maximum Gasteiger partial charge on any atom is 0.401 e. The van der Waals surface area contributed by atoms with Gasteiger partial charge < -0.3 is 5.32 Å². The molecule has 1 aromatic rings. The van der Waals surface area contributed by atoms with Crippen molar-refractivity contribution in [2.45, 2.75) is 50.7 Å². The van der Waals surface area contributed by atoms with E-state index in [2.05, 4.69) is 5.32 Å². The Labute approximate surface area is 132 Å². The topological polar surface area (TPSA) is 28.2 Å². The number of hydrogen-bond acceptors (Lipinski definition) is 4. The van der Waals surface area contributed by atoms with Crippen LogP contribution < -0.4 is 5.32 Å². The SMILES string of the molecule is FC(F)(F)CN1CC[C@@H](NCCc2nc3c(s2)CCCC3)C1. The highest BCUT2D eigenvalue weighted by molar-refractivity contribution is 7.11. The van der Waals surface area contributed by atoms with Gasteiger partial charge in [-0.3, -0.25) is 4.90 Å². The summed E-state index contributed by atoms with van der Waals surface area (Å²) in [4.78, 5) is 7.63. The van der Waals surface area contributed by atoms with Crippen molar-refractivity contribution in [3.63, 3.8) is 0 Å². The number of nitrogens with zero attached hydrogens (tertiary/aromatic N) is 2. The van der Waals surface area contributed by atoms with Crippen LogP contribution in [0, 0.1) is 0 Å². The molecule has 0 spiro atoms. The fraction of sp³-hybridized carbons (Fsp3) is 0.800. The second kappa shape index (κ2) is 6.84. The third kappa shape index (κ3) is 4.43. The van der Waals surface area contributed by atoms with E-state index in [4.69, 9.17) is 4.98 Å². The highest BCUT2D eigenvalue weighted by atomic mass is 32.1. The molecule has 3 nitrogen and oxygen atoms in total. The molecule has 22 heavy (non-hydrogen) atoms. The lowest BCUT2D eigenvalue weighted by Gasteiger charge is -2.18. The summed E-state index contributed by atoms with van der Waals surface area (Å²) >= 11 is 1.82. The van der Waals surface area contributed by atoms with Crippen LogP contribution in [0.2, 0.25) is 0 Å². The van der Waals surface area contributed by atoms with E-state index in [1.165, 1.54) is 33.3 Å². The summed E-state index contributed by atoms with van der Waals surface area (Å²) in [6, 6.07) is 0.178. The van der Waals surface area contributed by atoms with Crippen molar-refractivity contribution in [1.29, 1.82) is 0 Å².